The first kappa shape index (κ1) is 97.2. The van der Waals surface area contributed by atoms with Crippen molar-refractivity contribution >= 4 is 23.7 Å². The van der Waals surface area contributed by atoms with Crippen molar-refractivity contribution < 1.29 is 38.1 Å². The van der Waals surface area contributed by atoms with Gasteiger partial charge in [0.15, 0.2) is 0 Å². The number of carbonyl (C=O) groups is 4. The number of amides is 3. The van der Waals surface area contributed by atoms with Gasteiger partial charge in [-0.25, -0.2) is 0 Å². The predicted octanol–water partition coefficient (Wildman–Crippen LogP) is 25.9. The van der Waals surface area contributed by atoms with Crippen LogP contribution in [0.4, 0.5) is 0 Å². The molecule has 0 heterocycles. The molecule has 5 rings (SSSR count). The minimum atomic E-state index is -1.33. The Hall–Kier alpha value is -7.35. The lowest BCUT2D eigenvalue weighted by Crippen LogP contribution is -2.57. The largest absolute Gasteiger partial charge is 0.494 e. The Bertz CT molecular complexity index is 3290. The quantitative estimate of drug-likeness (QED) is 0.00956. The summed E-state index contributed by atoms with van der Waals surface area (Å²) in [6, 6.07) is 32.2. The van der Waals surface area contributed by atoms with Crippen LogP contribution in [0, 0.1) is 13.8 Å². The summed E-state index contributed by atoms with van der Waals surface area (Å²) in [5.41, 5.74) is 23.2. The molecule has 0 fully saturated rings. The molecule has 0 aliphatic heterocycles. The lowest BCUT2D eigenvalue weighted by Gasteiger charge is -2.27. The third-order valence-electron chi connectivity index (χ3n) is 22.0. The Morgan fingerprint density at radius 2 is 0.816 bits per heavy atom. The van der Waals surface area contributed by atoms with Crippen LogP contribution in [0.3, 0.4) is 0 Å². The van der Waals surface area contributed by atoms with E-state index in [1.54, 1.807) is 20.8 Å². The van der Waals surface area contributed by atoms with Crippen LogP contribution in [0.2, 0.25) is 0 Å². The van der Waals surface area contributed by atoms with Crippen LogP contribution in [0.5, 0.6) is 17.2 Å². The molecular weight excluding hydrogens is 1420 g/mol. The molecule has 5 N–H and O–H groups in total. The number of aryl methyl sites for hydroxylation is 4. The first-order chi connectivity index (χ1) is 55.5. The second-order valence-electron chi connectivity index (χ2n) is 33.7. The summed E-state index contributed by atoms with van der Waals surface area (Å²) in [5.74, 6) is -0.0349. The van der Waals surface area contributed by atoms with Crippen molar-refractivity contribution in [2.45, 2.75) is 393 Å². The fourth-order valence-corrected chi connectivity index (χ4v) is 15.4. The number of ether oxygens (including phenoxy) is 4. The summed E-state index contributed by atoms with van der Waals surface area (Å²) in [5, 5.41) is 13.1. The number of hydrogen-bond acceptors (Lipinski definition) is 10. The van der Waals surface area contributed by atoms with E-state index >= 15 is 9.59 Å². The van der Waals surface area contributed by atoms with E-state index in [-0.39, 0.29) is 12.8 Å². The van der Waals surface area contributed by atoms with Crippen molar-refractivity contribution in [1.82, 2.24) is 16.0 Å². The van der Waals surface area contributed by atoms with Crippen molar-refractivity contribution in [3.8, 4) is 28.4 Å². The number of carbonyl (C=O) groups excluding carboxylic acids is 4. The van der Waals surface area contributed by atoms with Crippen LogP contribution in [-0.2, 0) is 43.2 Å². The third-order valence-corrected chi connectivity index (χ3v) is 22.0. The first-order valence-corrected chi connectivity index (χ1v) is 45.8. The van der Waals surface area contributed by atoms with Crippen molar-refractivity contribution in [3.05, 3.63) is 159 Å². The molecule has 0 saturated heterocycles. The van der Waals surface area contributed by atoms with Crippen LogP contribution in [-0.4, -0.2) is 73.8 Å². The summed E-state index contributed by atoms with van der Waals surface area (Å²) in [6.07, 6.45) is 56.9. The molecule has 3 amide bonds. The average Bonchev–Trinajstić information content (AvgIpc) is 0.826. The number of unbranched alkanes of at least 4 members (excludes halogenated alkanes) is 39. The molecule has 0 aliphatic carbocycles. The molecule has 0 bridgehead atoms. The molecule has 3 atom stereocenters. The highest BCUT2D eigenvalue weighted by Crippen LogP contribution is 2.31. The Kier molecular flexibility index (Phi) is 52.1. The number of nitrogens with two attached hydrogens (primary N) is 1. The van der Waals surface area contributed by atoms with Gasteiger partial charge in [0.05, 0.1) is 38.3 Å². The maximum Gasteiger partial charge on any atom is 0.308 e. The summed E-state index contributed by atoms with van der Waals surface area (Å²) < 4.78 is 24.3. The van der Waals surface area contributed by atoms with Gasteiger partial charge in [-0.1, -0.05) is 354 Å². The smallest absolute Gasteiger partial charge is 0.308 e. The first-order valence-electron chi connectivity index (χ1n) is 45.8. The minimum absolute atomic E-state index is 0.0473. The van der Waals surface area contributed by atoms with Crippen molar-refractivity contribution in [1.29, 1.82) is 0 Å². The van der Waals surface area contributed by atoms with Gasteiger partial charge in [0, 0.05) is 17.9 Å². The molecule has 0 saturated carbocycles. The summed E-state index contributed by atoms with van der Waals surface area (Å²) in [4.78, 5) is 60.8. The fourth-order valence-electron chi connectivity index (χ4n) is 15.4. The van der Waals surface area contributed by atoms with Crippen LogP contribution in [0.1, 0.15) is 375 Å². The van der Waals surface area contributed by atoms with E-state index < -0.39 is 59.9 Å². The molecule has 0 aliphatic rings. The second-order valence-corrected chi connectivity index (χ2v) is 33.7. The van der Waals surface area contributed by atoms with Gasteiger partial charge in [0.2, 0.25) is 17.7 Å². The number of azide groups is 1. The maximum atomic E-state index is 15.5. The standard InChI is InChI=1S/C99H155N7O8/c1-9-12-14-16-18-20-22-24-26-28-30-32-34-36-38-40-42-44-46-49-70-111-87-63-59-85(60-64-87)95(86-61-65-88(66-62-86)112-71-50-47-45-43-41-39-37-35-33-31-29-27-25-23-21-19-17-15-13-10-2)105-97(109)92(54-52-53-82-74-79(4)73-80(5)75-82)103-98(110)93(104-96(108)91(100)78-94(107)114-99(6,7)8)76-81-55-57-84(58-56-81)90-68-67-89(77-83(90)11-3)113-72-51-48-69-102-106-101/h55-68,73-75,77,91-93,95H,9-54,69-72,76,78,100H2,1-8H3,(H,103,110)(H,104,108)(H,105,109)/t91-,92-,93-/m0/s1. The van der Waals surface area contributed by atoms with Gasteiger partial charge in [-0.05, 0) is 167 Å². The fraction of sp³-hybridized carbons (Fsp3) is 0.657. The summed E-state index contributed by atoms with van der Waals surface area (Å²) >= 11 is 0. The zero-order valence-electron chi connectivity index (χ0n) is 72.7. The molecule has 634 valence electrons. The Labute approximate surface area is 691 Å². The van der Waals surface area contributed by atoms with E-state index in [1.165, 1.54) is 231 Å². The highest BCUT2D eigenvalue weighted by molar-refractivity contribution is 5.94. The molecule has 5 aromatic rings. The number of nitrogens with one attached hydrogen (secondary N) is 3. The number of hydrogen-bond donors (Lipinski definition) is 4. The topological polar surface area (TPSA) is 216 Å². The maximum absolute atomic E-state index is 15.5. The number of esters is 1. The van der Waals surface area contributed by atoms with Gasteiger partial charge in [0.1, 0.15) is 34.9 Å². The van der Waals surface area contributed by atoms with Gasteiger partial charge in [-0.15, -0.1) is 0 Å². The molecule has 0 radical (unpaired) electrons. The van der Waals surface area contributed by atoms with Gasteiger partial charge in [-0.2, -0.15) is 0 Å². The van der Waals surface area contributed by atoms with E-state index in [4.69, 9.17) is 30.2 Å². The lowest BCUT2D eigenvalue weighted by molar-refractivity contribution is -0.156. The summed E-state index contributed by atoms with van der Waals surface area (Å²) in [7, 11) is 0. The molecule has 15 heteroatoms. The van der Waals surface area contributed by atoms with Crippen molar-refractivity contribution in [2.75, 3.05) is 26.4 Å². The van der Waals surface area contributed by atoms with E-state index in [1.807, 2.05) is 84.9 Å². The van der Waals surface area contributed by atoms with Gasteiger partial charge in [-0.3, -0.25) is 19.2 Å². The zero-order valence-corrected chi connectivity index (χ0v) is 72.7. The molecule has 0 aromatic heterocycles. The lowest BCUT2D eigenvalue weighted by atomic mass is 9.95. The van der Waals surface area contributed by atoms with Crippen LogP contribution in [0.25, 0.3) is 21.6 Å². The molecule has 15 nitrogen and oxygen atoms in total. The predicted molar refractivity (Wildman–Crippen MR) is 475 cm³/mol. The number of rotatable bonds is 68. The van der Waals surface area contributed by atoms with Gasteiger partial charge >= 0.3 is 5.97 Å². The van der Waals surface area contributed by atoms with Gasteiger partial charge < -0.3 is 40.6 Å². The van der Waals surface area contributed by atoms with E-state index in [0.717, 1.165) is 112 Å². The Morgan fingerprint density at radius 1 is 0.430 bits per heavy atom. The van der Waals surface area contributed by atoms with Crippen LogP contribution in [0.15, 0.2) is 114 Å². The molecule has 0 spiro atoms. The average molecular weight is 1570 g/mol. The minimum Gasteiger partial charge on any atom is -0.494 e. The van der Waals surface area contributed by atoms with Crippen molar-refractivity contribution in [2.24, 2.45) is 10.8 Å². The normalized spacial score (nSPS) is 12.3. The zero-order chi connectivity index (χ0) is 81.9. The number of nitrogens with zero attached hydrogens (tertiary/aromatic N) is 3. The monoisotopic (exact) mass is 1570 g/mol. The Balaban J connectivity index is 1.27. The van der Waals surface area contributed by atoms with Crippen molar-refractivity contribution in [3.63, 3.8) is 0 Å². The highest BCUT2D eigenvalue weighted by atomic mass is 16.6. The van der Waals surface area contributed by atoms with E-state index in [2.05, 4.69) is 84.9 Å². The van der Waals surface area contributed by atoms with Gasteiger partial charge in [0.25, 0.3) is 0 Å². The molecule has 5 aromatic carbocycles. The molecule has 114 heavy (non-hydrogen) atoms. The van der Waals surface area contributed by atoms with E-state index in [0.29, 0.717) is 39.2 Å². The van der Waals surface area contributed by atoms with E-state index in [9.17, 15) is 9.59 Å². The second kappa shape index (κ2) is 61.1. The highest BCUT2D eigenvalue weighted by Gasteiger charge is 2.32. The number of benzene rings is 5. The third kappa shape index (κ3) is 44.7. The molecular formula is C99H155N7O8. The molecule has 0 unspecified atom stereocenters. The summed E-state index contributed by atoms with van der Waals surface area (Å²) in [6.45, 7) is 18.3. The van der Waals surface area contributed by atoms with Crippen LogP contribution >= 0.6 is 0 Å². The SMILES string of the molecule is CCCCCCCCCCCCCCCCCCCCCCOc1ccc(C(NC(=O)[C@H](CCCc2cc(C)cc(C)c2)NC(=O)[C@H](Cc2ccc(-c3ccc(OCCCCN=[N+]=[N-])cc3CC)cc2)NC(=O)[C@@H](N)CC(=O)OC(C)(C)C)c2ccc(OCCCCCCCCCCCCCCCCCCCCCC)cc2)cc1. The Morgan fingerprint density at radius 3 is 1.23 bits per heavy atom. The van der Waals surface area contributed by atoms with Crippen LogP contribution < -0.4 is 35.9 Å².